The molecule has 0 aliphatic rings. The summed E-state index contributed by atoms with van der Waals surface area (Å²) in [5.41, 5.74) is 1.42. The predicted molar refractivity (Wildman–Crippen MR) is 71.4 cm³/mol. The Labute approximate surface area is 115 Å². The van der Waals surface area contributed by atoms with Crippen molar-refractivity contribution in [1.29, 1.82) is 0 Å². The lowest BCUT2D eigenvalue weighted by atomic mass is 10.2. The first-order chi connectivity index (χ1) is 8.60. The number of hydrogen-bond acceptors (Lipinski definition) is 3. The molecule has 1 heterocycles. The molecule has 0 fully saturated rings. The molecule has 2 rings (SSSR count). The van der Waals surface area contributed by atoms with Crippen molar-refractivity contribution >= 4 is 23.2 Å². The van der Waals surface area contributed by atoms with Crippen molar-refractivity contribution in [2.75, 3.05) is 0 Å². The zero-order chi connectivity index (χ0) is 13.1. The minimum Gasteiger partial charge on any atom is -0.437 e. The van der Waals surface area contributed by atoms with Gasteiger partial charge in [0.25, 0.3) is 0 Å². The summed E-state index contributed by atoms with van der Waals surface area (Å²) in [5.74, 6) is 0.857. The number of ether oxygens (including phenoxy) is 1. The Morgan fingerprint density at radius 1 is 1.17 bits per heavy atom. The van der Waals surface area contributed by atoms with Crippen LogP contribution in [-0.4, -0.2) is 10.1 Å². The van der Waals surface area contributed by atoms with Crippen LogP contribution in [0.4, 0.5) is 0 Å². The predicted octanol–water partition coefficient (Wildman–Crippen LogP) is 3.98. The van der Waals surface area contributed by atoms with Gasteiger partial charge in [0.15, 0.2) is 0 Å². The molecule has 1 aromatic heterocycles. The fourth-order valence-electron chi connectivity index (χ4n) is 1.43. The van der Waals surface area contributed by atoms with Crippen LogP contribution in [0.2, 0.25) is 10.0 Å². The number of nitrogens with zero attached hydrogens (tertiary/aromatic N) is 1. The number of aryl methyl sites for hydroxylation is 1. The van der Waals surface area contributed by atoms with Gasteiger partial charge in [-0.25, -0.2) is 4.98 Å². The smallest absolute Gasteiger partial charge is 0.219 e. The zero-order valence-corrected chi connectivity index (χ0v) is 11.2. The molecule has 1 aromatic carbocycles. The maximum Gasteiger partial charge on any atom is 0.219 e. The molecular formula is C13H11Cl2NO2. The molecule has 0 saturated heterocycles. The number of aliphatic hydroxyl groups is 1. The lowest BCUT2D eigenvalue weighted by molar-refractivity contribution is 0.275. The second-order valence-corrected chi connectivity index (χ2v) is 4.59. The van der Waals surface area contributed by atoms with Crippen LogP contribution in [0.3, 0.4) is 0 Å². The van der Waals surface area contributed by atoms with Crippen molar-refractivity contribution in [2.24, 2.45) is 0 Å². The highest BCUT2D eigenvalue weighted by atomic mass is 35.5. The maximum absolute atomic E-state index is 9.07. The van der Waals surface area contributed by atoms with E-state index in [1.54, 1.807) is 24.3 Å². The fraction of sp³-hybridized carbons (Fsp3) is 0.154. The highest BCUT2D eigenvalue weighted by molar-refractivity contribution is 6.32. The van der Waals surface area contributed by atoms with Gasteiger partial charge in [0.1, 0.15) is 5.75 Å². The zero-order valence-electron chi connectivity index (χ0n) is 9.65. The van der Waals surface area contributed by atoms with Crippen LogP contribution in [0.25, 0.3) is 0 Å². The Hall–Kier alpha value is -1.29. The average molecular weight is 284 g/mol. The summed E-state index contributed by atoms with van der Waals surface area (Å²) in [7, 11) is 0. The number of rotatable bonds is 3. The van der Waals surface area contributed by atoms with E-state index >= 15 is 0 Å². The molecule has 0 unspecified atom stereocenters. The summed E-state index contributed by atoms with van der Waals surface area (Å²) in [6.45, 7) is 1.71. The molecule has 0 spiro atoms. The topological polar surface area (TPSA) is 42.4 Å². The van der Waals surface area contributed by atoms with E-state index in [2.05, 4.69) is 4.98 Å². The number of hydrogen-bond donors (Lipinski definition) is 1. The standard InChI is InChI=1S/C13H11Cl2NO2/c1-8-2-4-12(10(15)6-8)18-13-5-3-9(14)11(7-17)16-13/h2-6,17H,7H2,1H3. The monoisotopic (exact) mass is 283 g/mol. The lowest BCUT2D eigenvalue weighted by Crippen LogP contribution is -1.95. The molecule has 3 nitrogen and oxygen atoms in total. The molecule has 0 amide bonds. The summed E-state index contributed by atoms with van der Waals surface area (Å²) >= 11 is 11.9. The van der Waals surface area contributed by atoms with Crippen molar-refractivity contribution in [3.05, 3.63) is 51.6 Å². The van der Waals surface area contributed by atoms with Gasteiger partial charge >= 0.3 is 0 Å². The van der Waals surface area contributed by atoms with Crippen LogP contribution in [0.1, 0.15) is 11.3 Å². The number of aromatic nitrogens is 1. The van der Waals surface area contributed by atoms with Crippen molar-refractivity contribution in [1.82, 2.24) is 4.98 Å². The van der Waals surface area contributed by atoms with Gasteiger partial charge < -0.3 is 9.84 Å². The van der Waals surface area contributed by atoms with Crippen LogP contribution in [0, 0.1) is 6.92 Å². The molecular weight excluding hydrogens is 273 g/mol. The van der Waals surface area contributed by atoms with Crippen molar-refractivity contribution < 1.29 is 9.84 Å². The van der Waals surface area contributed by atoms with E-state index in [4.69, 9.17) is 33.0 Å². The molecule has 0 radical (unpaired) electrons. The second kappa shape index (κ2) is 5.57. The van der Waals surface area contributed by atoms with Crippen LogP contribution >= 0.6 is 23.2 Å². The first kappa shape index (κ1) is 13.1. The molecule has 0 aliphatic carbocycles. The van der Waals surface area contributed by atoms with Crippen LogP contribution in [0.15, 0.2) is 30.3 Å². The van der Waals surface area contributed by atoms with Crippen molar-refractivity contribution in [2.45, 2.75) is 13.5 Å². The fourth-order valence-corrected chi connectivity index (χ4v) is 1.87. The van der Waals surface area contributed by atoms with Gasteiger partial charge in [0.2, 0.25) is 5.88 Å². The van der Waals surface area contributed by atoms with Gasteiger partial charge in [-0.3, -0.25) is 0 Å². The van der Waals surface area contributed by atoms with E-state index in [9.17, 15) is 0 Å². The van der Waals surface area contributed by atoms with Gasteiger partial charge in [0.05, 0.1) is 22.3 Å². The van der Waals surface area contributed by atoms with Crippen molar-refractivity contribution in [3.63, 3.8) is 0 Å². The van der Waals surface area contributed by atoms with Crippen LogP contribution in [0.5, 0.6) is 11.6 Å². The number of halogens is 2. The SMILES string of the molecule is Cc1ccc(Oc2ccc(Cl)c(CO)n2)c(Cl)c1. The van der Waals surface area contributed by atoms with Gasteiger partial charge in [-0.2, -0.15) is 0 Å². The summed E-state index contributed by atoms with van der Waals surface area (Å²) in [6.07, 6.45) is 0. The van der Waals surface area contributed by atoms with E-state index in [-0.39, 0.29) is 6.61 Å². The van der Waals surface area contributed by atoms with E-state index in [1.807, 2.05) is 13.0 Å². The highest BCUT2D eigenvalue weighted by Crippen LogP contribution is 2.30. The Morgan fingerprint density at radius 2 is 1.94 bits per heavy atom. The van der Waals surface area contributed by atoms with E-state index in [1.165, 1.54) is 0 Å². The van der Waals surface area contributed by atoms with Gasteiger partial charge in [0, 0.05) is 6.07 Å². The molecule has 18 heavy (non-hydrogen) atoms. The minimum atomic E-state index is -0.238. The first-order valence-electron chi connectivity index (χ1n) is 5.30. The number of pyridine rings is 1. The summed E-state index contributed by atoms with van der Waals surface area (Å²) in [6, 6.07) is 8.71. The van der Waals surface area contributed by atoms with Crippen LogP contribution < -0.4 is 4.74 Å². The third-order valence-electron chi connectivity index (χ3n) is 2.34. The molecule has 0 aliphatic heterocycles. The third-order valence-corrected chi connectivity index (χ3v) is 2.98. The van der Waals surface area contributed by atoms with Gasteiger partial charge in [-0.1, -0.05) is 29.3 Å². The summed E-state index contributed by atoms with van der Waals surface area (Å²) in [5, 5.41) is 9.99. The van der Waals surface area contributed by atoms with E-state index in [0.717, 1.165) is 5.56 Å². The van der Waals surface area contributed by atoms with E-state index in [0.29, 0.717) is 27.4 Å². The lowest BCUT2D eigenvalue weighted by Gasteiger charge is -2.08. The molecule has 5 heteroatoms. The highest BCUT2D eigenvalue weighted by Gasteiger charge is 2.07. The van der Waals surface area contributed by atoms with Crippen molar-refractivity contribution in [3.8, 4) is 11.6 Å². The Morgan fingerprint density at radius 3 is 2.61 bits per heavy atom. The molecule has 1 N–H and O–H groups in total. The molecule has 0 bridgehead atoms. The first-order valence-corrected chi connectivity index (χ1v) is 6.06. The molecule has 0 saturated carbocycles. The quantitative estimate of drug-likeness (QED) is 0.926. The van der Waals surface area contributed by atoms with E-state index < -0.39 is 0 Å². The Kier molecular flexibility index (Phi) is 4.07. The second-order valence-electron chi connectivity index (χ2n) is 3.77. The third kappa shape index (κ3) is 2.93. The minimum absolute atomic E-state index is 0.238. The Bertz CT molecular complexity index is 573. The molecule has 2 aromatic rings. The average Bonchev–Trinajstić information content (AvgIpc) is 2.35. The van der Waals surface area contributed by atoms with Gasteiger partial charge in [-0.15, -0.1) is 0 Å². The maximum atomic E-state index is 9.07. The summed E-state index contributed by atoms with van der Waals surface area (Å²) in [4.78, 5) is 4.09. The molecule has 94 valence electrons. The van der Waals surface area contributed by atoms with Gasteiger partial charge in [-0.05, 0) is 30.7 Å². The molecule has 0 atom stereocenters. The Balaban J connectivity index is 2.28. The summed E-state index contributed by atoms with van der Waals surface area (Å²) < 4.78 is 5.55. The number of aliphatic hydroxyl groups excluding tert-OH is 1. The normalized spacial score (nSPS) is 10.4. The van der Waals surface area contributed by atoms with Crippen LogP contribution in [-0.2, 0) is 6.61 Å². The largest absolute Gasteiger partial charge is 0.437 e. The number of benzene rings is 1.